The van der Waals surface area contributed by atoms with E-state index in [4.69, 9.17) is 15.2 Å². The third kappa shape index (κ3) is 3.41. The second-order valence-electron chi connectivity index (χ2n) is 4.52. The van der Waals surface area contributed by atoms with E-state index in [9.17, 15) is 0 Å². The fourth-order valence-electron chi connectivity index (χ4n) is 1.79. The molecule has 0 aromatic rings. The summed E-state index contributed by atoms with van der Waals surface area (Å²) in [6, 6.07) is 0. The maximum absolute atomic E-state index is 5.78. The molecule has 0 amide bonds. The Hall–Kier alpha value is -0.160. The van der Waals surface area contributed by atoms with Gasteiger partial charge in [0.05, 0.1) is 17.7 Å². The Morgan fingerprint density at radius 3 is 2.87 bits per heavy atom. The Kier molecular flexibility index (Phi) is 4.99. The van der Waals surface area contributed by atoms with Crippen molar-refractivity contribution in [2.24, 2.45) is 5.73 Å². The van der Waals surface area contributed by atoms with Crippen molar-refractivity contribution in [2.75, 3.05) is 26.8 Å². The zero-order valence-electron chi connectivity index (χ0n) is 10.1. The summed E-state index contributed by atoms with van der Waals surface area (Å²) in [5.74, 6) is 0. The quantitative estimate of drug-likeness (QED) is 0.679. The van der Waals surface area contributed by atoms with Crippen LogP contribution in [0.3, 0.4) is 0 Å². The SMILES string of the molecule is COC(C)C(C)(CN)NCC1CCCO1. The van der Waals surface area contributed by atoms with Gasteiger partial charge < -0.3 is 20.5 Å². The van der Waals surface area contributed by atoms with Crippen LogP contribution >= 0.6 is 0 Å². The summed E-state index contributed by atoms with van der Waals surface area (Å²) in [7, 11) is 1.71. The third-order valence-corrected chi connectivity index (χ3v) is 3.43. The van der Waals surface area contributed by atoms with Crippen LogP contribution in [0.15, 0.2) is 0 Å². The molecule has 4 nitrogen and oxygen atoms in total. The van der Waals surface area contributed by atoms with Crippen LogP contribution in [0.5, 0.6) is 0 Å². The van der Waals surface area contributed by atoms with Gasteiger partial charge in [0.25, 0.3) is 0 Å². The number of rotatable bonds is 6. The van der Waals surface area contributed by atoms with Crippen molar-refractivity contribution in [2.45, 2.75) is 44.4 Å². The molecule has 90 valence electrons. The molecule has 1 aliphatic rings. The van der Waals surface area contributed by atoms with E-state index < -0.39 is 0 Å². The number of nitrogens with two attached hydrogens (primary N) is 1. The molecule has 0 aliphatic carbocycles. The minimum absolute atomic E-state index is 0.101. The first-order chi connectivity index (χ1) is 7.12. The lowest BCUT2D eigenvalue weighted by Crippen LogP contribution is -2.58. The first-order valence-corrected chi connectivity index (χ1v) is 5.72. The van der Waals surface area contributed by atoms with Crippen molar-refractivity contribution in [1.82, 2.24) is 5.32 Å². The summed E-state index contributed by atoms with van der Waals surface area (Å²) in [4.78, 5) is 0. The van der Waals surface area contributed by atoms with Gasteiger partial charge in [0.2, 0.25) is 0 Å². The molecule has 15 heavy (non-hydrogen) atoms. The highest BCUT2D eigenvalue weighted by Gasteiger charge is 2.30. The molecule has 0 aromatic carbocycles. The second-order valence-corrected chi connectivity index (χ2v) is 4.52. The van der Waals surface area contributed by atoms with Crippen molar-refractivity contribution >= 4 is 0 Å². The molecule has 1 aliphatic heterocycles. The van der Waals surface area contributed by atoms with E-state index >= 15 is 0 Å². The maximum Gasteiger partial charge on any atom is 0.0734 e. The molecule has 0 spiro atoms. The third-order valence-electron chi connectivity index (χ3n) is 3.43. The van der Waals surface area contributed by atoms with Crippen molar-refractivity contribution in [1.29, 1.82) is 0 Å². The average molecular weight is 216 g/mol. The highest BCUT2D eigenvalue weighted by molar-refractivity contribution is 4.91. The molecule has 3 unspecified atom stereocenters. The molecule has 0 radical (unpaired) electrons. The monoisotopic (exact) mass is 216 g/mol. The molecular weight excluding hydrogens is 192 g/mol. The molecule has 3 N–H and O–H groups in total. The molecular formula is C11H24N2O2. The predicted octanol–water partition coefficient (Wildman–Crippen LogP) is 0.507. The predicted molar refractivity (Wildman–Crippen MR) is 60.9 cm³/mol. The van der Waals surface area contributed by atoms with Crippen molar-refractivity contribution in [3.8, 4) is 0 Å². The minimum Gasteiger partial charge on any atom is -0.380 e. The Balaban J connectivity index is 2.37. The van der Waals surface area contributed by atoms with E-state index in [0.29, 0.717) is 12.6 Å². The molecule has 4 heteroatoms. The van der Waals surface area contributed by atoms with Crippen LogP contribution in [0.25, 0.3) is 0 Å². The standard InChI is InChI=1S/C11H24N2O2/c1-9(14-3)11(2,8-12)13-7-10-5-4-6-15-10/h9-10,13H,4-8,12H2,1-3H3. The van der Waals surface area contributed by atoms with Crippen LogP contribution in [-0.2, 0) is 9.47 Å². The van der Waals surface area contributed by atoms with Gasteiger partial charge in [-0.15, -0.1) is 0 Å². The zero-order valence-corrected chi connectivity index (χ0v) is 10.1. The van der Waals surface area contributed by atoms with Gasteiger partial charge in [-0.2, -0.15) is 0 Å². The van der Waals surface area contributed by atoms with Crippen LogP contribution in [0.4, 0.5) is 0 Å². The Labute approximate surface area is 92.5 Å². The van der Waals surface area contributed by atoms with Crippen molar-refractivity contribution < 1.29 is 9.47 Å². The lowest BCUT2D eigenvalue weighted by Gasteiger charge is -2.35. The van der Waals surface area contributed by atoms with Crippen LogP contribution in [0, 0.1) is 0 Å². The number of hydrogen-bond acceptors (Lipinski definition) is 4. The van der Waals surface area contributed by atoms with E-state index in [1.54, 1.807) is 7.11 Å². The Bertz CT molecular complexity index is 183. The number of nitrogens with one attached hydrogen (secondary N) is 1. The number of ether oxygens (including phenoxy) is 2. The molecule has 0 saturated carbocycles. The summed E-state index contributed by atoms with van der Waals surface area (Å²) in [6.45, 7) is 6.45. The number of methoxy groups -OCH3 is 1. The van der Waals surface area contributed by atoms with Crippen LogP contribution < -0.4 is 11.1 Å². The largest absolute Gasteiger partial charge is 0.380 e. The Morgan fingerprint density at radius 1 is 1.67 bits per heavy atom. The van der Waals surface area contributed by atoms with Gasteiger partial charge in [0.1, 0.15) is 0 Å². The summed E-state index contributed by atoms with van der Waals surface area (Å²) in [6.07, 6.45) is 2.77. The van der Waals surface area contributed by atoms with Crippen LogP contribution in [-0.4, -0.2) is 44.6 Å². The van der Waals surface area contributed by atoms with Gasteiger partial charge in [-0.05, 0) is 26.7 Å². The zero-order chi connectivity index (χ0) is 11.3. The van der Waals surface area contributed by atoms with E-state index in [1.165, 1.54) is 6.42 Å². The van der Waals surface area contributed by atoms with Crippen LogP contribution in [0.2, 0.25) is 0 Å². The van der Waals surface area contributed by atoms with E-state index in [2.05, 4.69) is 12.2 Å². The minimum atomic E-state index is -0.166. The van der Waals surface area contributed by atoms with E-state index in [-0.39, 0.29) is 11.6 Å². The molecule has 3 atom stereocenters. The van der Waals surface area contributed by atoms with Gasteiger partial charge in [-0.25, -0.2) is 0 Å². The van der Waals surface area contributed by atoms with Crippen molar-refractivity contribution in [3.05, 3.63) is 0 Å². The highest BCUT2D eigenvalue weighted by Crippen LogP contribution is 2.15. The van der Waals surface area contributed by atoms with E-state index in [0.717, 1.165) is 19.6 Å². The smallest absolute Gasteiger partial charge is 0.0734 e. The van der Waals surface area contributed by atoms with Crippen molar-refractivity contribution in [3.63, 3.8) is 0 Å². The second kappa shape index (κ2) is 5.80. The Morgan fingerprint density at radius 2 is 2.40 bits per heavy atom. The van der Waals surface area contributed by atoms with Gasteiger partial charge in [0, 0.05) is 26.8 Å². The fourth-order valence-corrected chi connectivity index (χ4v) is 1.79. The topological polar surface area (TPSA) is 56.5 Å². The molecule has 1 heterocycles. The van der Waals surface area contributed by atoms with Gasteiger partial charge in [0.15, 0.2) is 0 Å². The molecule has 0 bridgehead atoms. The summed E-state index contributed by atoms with van der Waals surface area (Å²) in [5, 5.41) is 3.46. The molecule has 1 saturated heterocycles. The molecule has 1 fully saturated rings. The maximum atomic E-state index is 5.78. The van der Waals surface area contributed by atoms with Crippen LogP contribution in [0.1, 0.15) is 26.7 Å². The van der Waals surface area contributed by atoms with E-state index in [1.807, 2.05) is 6.92 Å². The lowest BCUT2D eigenvalue weighted by molar-refractivity contribution is 0.0306. The summed E-state index contributed by atoms with van der Waals surface area (Å²) in [5.41, 5.74) is 5.62. The molecule has 0 aromatic heterocycles. The highest BCUT2D eigenvalue weighted by atomic mass is 16.5. The normalized spacial score (nSPS) is 27.6. The van der Waals surface area contributed by atoms with Gasteiger partial charge in [-0.3, -0.25) is 0 Å². The first-order valence-electron chi connectivity index (χ1n) is 5.72. The summed E-state index contributed by atoms with van der Waals surface area (Å²) < 4.78 is 10.9. The van der Waals surface area contributed by atoms with Gasteiger partial charge >= 0.3 is 0 Å². The average Bonchev–Trinajstić information content (AvgIpc) is 2.77. The molecule has 1 rings (SSSR count). The lowest BCUT2D eigenvalue weighted by atomic mass is 9.95. The fraction of sp³-hybridized carbons (Fsp3) is 1.00. The summed E-state index contributed by atoms with van der Waals surface area (Å²) >= 11 is 0. The van der Waals surface area contributed by atoms with Gasteiger partial charge in [-0.1, -0.05) is 0 Å². The number of hydrogen-bond donors (Lipinski definition) is 2. The first kappa shape index (κ1) is 12.9.